The number of para-hydroxylation sites is 1. The number of piperidine rings is 1. The molecule has 0 atom stereocenters. The van der Waals surface area contributed by atoms with E-state index in [-0.39, 0.29) is 11.9 Å². The van der Waals surface area contributed by atoms with Crippen LogP contribution in [0.1, 0.15) is 18.4 Å². The Morgan fingerprint density at radius 1 is 1.15 bits per heavy atom. The van der Waals surface area contributed by atoms with Crippen LogP contribution in [0.5, 0.6) is 0 Å². The average molecular weight is 430 g/mol. The molecule has 2 aromatic carbocycles. The normalized spacial score (nSPS) is 15.3. The largest absolute Gasteiger partial charge is 0.393 e. The molecular weight excluding hydrogens is 409 g/mol. The monoisotopic (exact) mass is 429 g/mol. The van der Waals surface area contributed by atoms with Gasteiger partial charge in [0.05, 0.1) is 17.3 Å². The molecule has 1 aromatic heterocycles. The highest BCUT2D eigenvalue weighted by atomic mass is 79.9. The SMILES string of the molecule is OC1CCN(c2ccc(CNc3ccc4cccc(Br)c4n3)cc2F)CC1. The summed E-state index contributed by atoms with van der Waals surface area (Å²) in [7, 11) is 0. The van der Waals surface area contributed by atoms with Gasteiger partial charge in [0, 0.05) is 29.5 Å². The van der Waals surface area contributed by atoms with E-state index in [9.17, 15) is 9.50 Å². The van der Waals surface area contributed by atoms with Gasteiger partial charge < -0.3 is 15.3 Å². The molecule has 0 amide bonds. The highest BCUT2D eigenvalue weighted by Gasteiger charge is 2.19. The Morgan fingerprint density at radius 2 is 1.96 bits per heavy atom. The summed E-state index contributed by atoms with van der Waals surface area (Å²) in [5, 5.41) is 13.9. The summed E-state index contributed by atoms with van der Waals surface area (Å²) in [5.41, 5.74) is 2.37. The minimum atomic E-state index is -0.262. The second kappa shape index (κ2) is 7.82. The summed E-state index contributed by atoms with van der Waals surface area (Å²) >= 11 is 3.53. The van der Waals surface area contributed by atoms with E-state index in [1.54, 1.807) is 6.07 Å². The predicted molar refractivity (Wildman–Crippen MR) is 111 cm³/mol. The molecule has 4 nitrogen and oxygen atoms in total. The van der Waals surface area contributed by atoms with Gasteiger partial charge in [0.15, 0.2) is 0 Å². The molecule has 1 fully saturated rings. The van der Waals surface area contributed by atoms with Crippen molar-refractivity contribution in [2.45, 2.75) is 25.5 Å². The Bertz CT molecular complexity index is 957. The number of hydrogen-bond acceptors (Lipinski definition) is 4. The maximum atomic E-state index is 14.6. The molecule has 27 heavy (non-hydrogen) atoms. The van der Waals surface area contributed by atoms with Crippen molar-refractivity contribution in [3.05, 3.63) is 64.4 Å². The highest BCUT2D eigenvalue weighted by Crippen LogP contribution is 2.26. The number of fused-ring (bicyclic) bond motifs is 1. The fourth-order valence-electron chi connectivity index (χ4n) is 3.43. The average Bonchev–Trinajstić information content (AvgIpc) is 2.68. The van der Waals surface area contributed by atoms with Crippen molar-refractivity contribution in [1.82, 2.24) is 4.98 Å². The van der Waals surface area contributed by atoms with E-state index in [1.165, 1.54) is 0 Å². The maximum absolute atomic E-state index is 14.6. The Hall–Kier alpha value is -2.18. The number of aromatic nitrogens is 1. The van der Waals surface area contributed by atoms with Crippen molar-refractivity contribution in [3.63, 3.8) is 0 Å². The number of nitrogens with one attached hydrogen (secondary N) is 1. The number of pyridine rings is 1. The fraction of sp³-hybridized carbons (Fsp3) is 0.286. The van der Waals surface area contributed by atoms with E-state index >= 15 is 0 Å². The predicted octanol–water partition coefficient (Wildman–Crippen LogP) is 4.71. The van der Waals surface area contributed by atoms with Gasteiger partial charge in [-0.15, -0.1) is 0 Å². The smallest absolute Gasteiger partial charge is 0.146 e. The van der Waals surface area contributed by atoms with Crippen LogP contribution in [-0.2, 0) is 6.54 Å². The van der Waals surface area contributed by atoms with Crippen LogP contribution in [0.4, 0.5) is 15.9 Å². The van der Waals surface area contributed by atoms with Gasteiger partial charge in [-0.05, 0) is 64.7 Å². The standard InChI is InChI=1S/C21H21BrFN3O/c22-17-3-1-2-15-5-7-20(25-21(15)17)24-13-14-4-6-19(18(23)12-14)26-10-8-16(27)9-11-26/h1-7,12,16,27H,8-11,13H2,(H,24,25). The summed E-state index contributed by atoms with van der Waals surface area (Å²) in [4.78, 5) is 6.63. The van der Waals surface area contributed by atoms with Gasteiger partial charge >= 0.3 is 0 Å². The summed E-state index contributed by atoms with van der Waals surface area (Å²) < 4.78 is 15.5. The van der Waals surface area contributed by atoms with Crippen molar-refractivity contribution < 1.29 is 9.50 Å². The van der Waals surface area contributed by atoms with Crippen LogP contribution < -0.4 is 10.2 Å². The van der Waals surface area contributed by atoms with E-state index in [2.05, 4.69) is 26.2 Å². The molecule has 0 radical (unpaired) electrons. The Morgan fingerprint density at radius 3 is 2.74 bits per heavy atom. The first-order valence-corrected chi connectivity index (χ1v) is 9.90. The molecule has 0 saturated carbocycles. The zero-order valence-electron chi connectivity index (χ0n) is 14.8. The van der Waals surface area contributed by atoms with Crippen LogP contribution in [0.2, 0.25) is 0 Å². The molecule has 1 aliphatic rings. The van der Waals surface area contributed by atoms with E-state index in [4.69, 9.17) is 0 Å². The lowest BCUT2D eigenvalue weighted by molar-refractivity contribution is 0.145. The molecule has 3 aromatic rings. The number of anilines is 2. The molecule has 4 rings (SSSR count). The lowest BCUT2D eigenvalue weighted by Crippen LogP contribution is -2.36. The summed E-state index contributed by atoms with van der Waals surface area (Å²) in [6, 6.07) is 15.3. The van der Waals surface area contributed by atoms with E-state index in [1.807, 2.05) is 47.4 Å². The summed E-state index contributed by atoms with van der Waals surface area (Å²) in [5.74, 6) is 0.531. The molecule has 2 heterocycles. The first-order valence-electron chi connectivity index (χ1n) is 9.11. The molecule has 0 bridgehead atoms. The number of rotatable bonds is 4. The second-order valence-electron chi connectivity index (χ2n) is 6.87. The number of hydrogen-bond donors (Lipinski definition) is 2. The van der Waals surface area contributed by atoms with Crippen molar-refractivity contribution in [3.8, 4) is 0 Å². The Labute approximate surface area is 166 Å². The van der Waals surface area contributed by atoms with Crippen LogP contribution in [0, 0.1) is 5.82 Å². The number of benzene rings is 2. The minimum Gasteiger partial charge on any atom is -0.393 e. The Kier molecular flexibility index (Phi) is 5.27. The lowest BCUT2D eigenvalue weighted by atomic mass is 10.1. The van der Waals surface area contributed by atoms with Crippen molar-refractivity contribution in [2.24, 2.45) is 0 Å². The topological polar surface area (TPSA) is 48.4 Å². The van der Waals surface area contributed by atoms with Crippen LogP contribution in [0.25, 0.3) is 10.9 Å². The third-order valence-electron chi connectivity index (χ3n) is 4.96. The van der Waals surface area contributed by atoms with Crippen LogP contribution in [0.15, 0.2) is 53.0 Å². The van der Waals surface area contributed by atoms with E-state index in [0.29, 0.717) is 38.2 Å². The van der Waals surface area contributed by atoms with Crippen LogP contribution >= 0.6 is 15.9 Å². The van der Waals surface area contributed by atoms with Gasteiger partial charge in [-0.3, -0.25) is 0 Å². The van der Waals surface area contributed by atoms with Gasteiger partial charge in [-0.1, -0.05) is 18.2 Å². The molecule has 1 aliphatic heterocycles. The third kappa shape index (κ3) is 4.06. The van der Waals surface area contributed by atoms with Crippen molar-refractivity contribution >= 4 is 38.3 Å². The van der Waals surface area contributed by atoms with Gasteiger partial charge in [0.2, 0.25) is 0 Å². The number of aliphatic hydroxyl groups is 1. The highest BCUT2D eigenvalue weighted by molar-refractivity contribution is 9.10. The zero-order valence-corrected chi connectivity index (χ0v) is 16.4. The fourth-order valence-corrected chi connectivity index (χ4v) is 3.90. The number of aliphatic hydroxyl groups excluding tert-OH is 1. The van der Waals surface area contributed by atoms with Gasteiger partial charge in [-0.2, -0.15) is 0 Å². The molecule has 0 spiro atoms. The first-order chi connectivity index (χ1) is 13.1. The molecular formula is C21H21BrFN3O. The third-order valence-corrected chi connectivity index (χ3v) is 5.60. The molecule has 1 saturated heterocycles. The van der Waals surface area contributed by atoms with Crippen LogP contribution in [0.3, 0.4) is 0 Å². The lowest BCUT2D eigenvalue weighted by Gasteiger charge is -2.31. The first kappa shape index (κ1) is 18.2. The molecule has 6 heteroatoms. The van der Waals surface area contributed by atoms with Gasteiger partial charge in [0.25, 0.3) is 0 Å². The van der Waals surface area contributed by atoms with E-state index < -0.39 is 0 Å². The minimum absolute atomic E-state index is 0.222. The maximum Gasteiger partial charge on any atom is 0.146 e. The number of halogens is 2. The molecule has 140 valence electrons. The molecule has 0 aliphatic carbocycles. The molecule has 0 unspecified atom stereocenters. The van der Waals surface area contributed by atoms with Crippen molar-refractivity contribution in [1.29, 1.82) is 0 Å². The van der Waals surface area contributed by atoms with Gasteiger partial charge in [-0.25, -0.2) is 9.37 Å². The molecule has 2 N–H and O–H groups in total. The number of nitrogens with zero attached hydrogens (tertiary/aromatic N) is 2. The summed E-state index contributed by atoms with van der Waals surface area (Å²) in [6.07, 6.45) is 1.11. The summed E-state index contributed by atoms with van der Waals surface area (Å²) in [6.45, 7) is 1.87. The van der Waals surface area contributed by atoms with Gasteiger partial charge in [0.1, 0.15) is 11.6 Å². The van der Waals surface area contributed by atoms with Crippen molar-refractivity contribution in [2.75, 3.05) is 23.3 Å². The quantitative estimate of drug-likeness (QED) is 0.630. The van der Waals surface area contributed by atoms with E-state index in [0.717, 1.165) is 26.8 Å². The second-order valence-corrected chi connectivity index (χ2v) is 7.72. The Balaban J connectivity index is 1.45. The zero-order chi connectivity index (χ0) is 18.8. The van der Waals surface area contributed by atoms with Crippen LogP contribution in [-0.4, -0.2) is 29.3 Å².